The monoisotopic (exact) mass is 418 g/mol. The van der Waals surface area contributed by atoms with Crippen molar-refractivity contribution in [1.82, 2.24) is 0 Å². The van der Waals surface area contributed by atoms with Crippen LogP contribution in [-0.4, -0.2) is 18.4 Å². The van der Waals surface area contributed by atoms with E-state index >= 15 is 0 Å². The number of nitrogens with zero attached hydrogens (tertiary/aromatic N) is 1. The summed E-state index contributed by atoms with van der Waals surface area (Å²) >= 11 is 5.97. The third-order valence-corrected chi connectivity index (χ3v) is 4.92. The van der Waals surface area contributed by atoms with Gasteiger partial charge in [0, 0.05) is 10.7 Å². The van der Waals surface area contributed by atoms with Gasteiger partial charge in [-0.25, -0.2) is 4.90 Å². The molecule has 3 aromatic carbocycles. The summed E-state index contributed by atoms with van der Waals surface area (Å²) < 4.78 is 5.49. The maximum Gasteiger partial charge on any atom is 0.282 e. The number of carbonyl (C=O) groups is 2. The van der Waals surface area contributed by atoms with Gasteiger partial charge in [-0.2, -0.15) is 0 Å². The number of halogens is 1. The second-order valence-corrected chi connectivity index (χ2v) is 7.06. The molecule has 0 saturated heterocycles. The maximum absolute atomic E-state index is 13.4. The Labute approximate surface area is 179 Å². The van der Waals surface area contributed by atoms with Crippen LogP contribution >= 0.6 is 11.6 Å². The first-order valence-electron chi connectivity index (χ1n) is 9.52. The van der Waals surface area contributed by atoms with Crippen molar-refractivity contribution in [2.75, 3.05) is 16.8 Å². The first-order valence-corrected chi connectivity index (χ1v) is 9.90. The number of imide groups is 1. The molecule has 3 aromatic rings. The van der Waals surface area contributed by atoms with Crippen LogP contribution in [0.25, 0.3) is 5.57 Å². The number of hydrogen-bond donors (Lipinski definition) is 1. The van der Waals surface area contributed by atoms with Crippen molar-refractivity contribution in [2.24, 2.45) is 0 Å². The highest BCUT2D eigenvalue weighted by Crippen LogP contribution is 2.34. The van der Waals surface area contributed by atoms with Crippen molar-refractivity contribution in [3.05, 3.63) is 95.1 Å². The number of rotatable bonds is 6. The molecule has 1 N–H and O–H groups in total. The molecule has 30 heavy (non-hydrogen) atoms. The van der Waals surface area contributed by atoms with E-state index in [2.05, 4.69) is 5.32 Å². The fourth-order valence-corrected chi connectivity index (χ4v) is 3.41. The topological polar surface area (TPSA) is 58.6 Å². The van der Waals surface area contributed by atoms with Crippen LogP contribution in [0.5, 0.6) is 5.75 Å². The lowest BCUT2D eigenvalue weighted by molar-refractivity contribution is -0.120. The number of ether oxygens (including phenoxy) is 1. The van der Waals surface area contributed by atoms with Gasteiger partial charge in [0.25, 0.3) is 11.8 Å². The lowest BCUT2D eigenvalue weighted by atomic mass is 10.0. The zero-order valence-electron chi connectivity index (χ0n) is 16.3. The second kappa shape index (κ2) is 8.43. The van der Waals surface area contributed by atoms with E-state index in [1.807, 2.05) is 37.3 Å². The van der Waals surface area contributed by atoms with Gasteiger partial charge in [-0.15, -0.1) is 0 Å². The molecule has 1 heterocycles. The molecule has 0 spiro atoms. The predicted molar refractivity (Wildman–Crippen MR) is 119 cm³/mol. The molecule has 0 fully saturated rings. The Morgan fingerprint density at radius 3 is 2.17 bits per heavy atom. The van der Waals surface area contributed by atoms with E-state index in [1.165, 1.54) is 0 Å². The van der Waals surface area contributed by atoms with Crippen molar-refractivity contribution in [3.8, 4) is 5.75 Å². The van der Waals surface area contributed by atoms with E-state index in [-0.39, 0.29) is 5.70 Å². The Morgan fingerprint density at radius 1 is 0.867 bits per heavy atom. The third kappa shape index (κ3) is 3.80. The van der Waals surface area contributed by atoms with Crippen molar-refractivity contribution >= 4 is 40.4 Å². The standard InChI is InChI=1S/C24H19ClN2O3/c1-2-30-20-14-8-16(9-15-20)21-22(26-18-6-4-3-5-7-18)24(29)27(23(21)28)19-12-10-17(25)11-13-19/h3-15,26H,2H2,1H3. The van der Waals surface area contributed by atoms with Crippen LogP contribution in [0.15, 0.2) is 84.6 Å². The van der Waals surface area contributed by atoms with Crippen molar-refractivity contribution in [1.29, 1.82) is 0 Å². The van der Waals surface area contributed by atoms with Gasteiger partial charge in [-0.1, -0.05) is 41.9 Å². The van der Waals surface area contributed by atoms with Crippen LogP contribution in [-0.2, 0) is 9.59 Å². The van der Waals surface area contributed by atoms with Crippen LogP contribution in [0.1, 0.15) is 12.5 Å². The van der Waals surface area contributed by atoms with E-state index in [4.69, 9.17) is 16.3 Å². The average Bonchev–Trinajstić information content (AvgIpc) is 3.00. The number of hydrogen-bond acceptors (Lipinski definition) is 4. The lowest BCUT2D eigenvalue weighted by Crippen LogP contribution is -2.32. The smallest absolute Gasteiger partial charge is 0.282 e. The minimum absolute atomic E-state index is 0.227. The SMILES string of the molecule is CCOc1ccc(C2=C(Nc3ccccc3)C(=O)N(c3ccc(Cl)cc3)C2=O)cc1. The summed E-state index contributed by atoms with van der Waals surface area (Å²) in [6.45, 7) is 2.45. The van der Waals surface area contributed by atoms with Gasteiger partial charge in [0.05, 0.1) is 17.9 Å². The van der Waals surface area contributed by atoms with Crippen LogP contribution in [0.3, 0.4) is 0 Å². The summed E-state index contributed by atoms with van der Waals surface area (Å²) in [4.78, 5) is 27.8. The molecule has 6 heteroatoms. The van der Waals surface area contributed by atoms with Crippen LogP contribution in [0, 0.1) is 0 Å². The molecular weight excluding hydrogens is 400 g/mol. The number of amides is 2. The summed E-state index contributed by atoms with van der Waals surface area (Å²) in [5.74, 6) is -0.120. The molecule has 5 nitrogen and oxygen atoms in total. The van der Waals surface area contributed by atoms with Crippen LogP contribution < -0.4 is 15.0 Å². The van der Waals surface area contributed by atoms with Gasteiger partial charge in [-0.05, 0) is 61.0 Å². The predicted octanol–water partition coefficient (Wildman–Crippen LogP) is 5.14. The first kappa shape index (κ1) is 19.7. The number of para-hydroxylation sites is 1. The molecule has 0 unspecified atom stereocenters. The minimum Gasteiger partial charge on any atom is -0.494 e. The fourth-order valence-electron chi connectivity index (χ4n) is 3.29. The van der Waals surface area contributed by atoms with Gasteiger partial charge in [0.1, 0.15) is 11.4 Å². The molecule has 0 atom stereocenters. The number of nitrogens with one attached hydrogen (secondary N) is 1. The number of carbonyl (C=O) groups excluding carboxylic acids is 2. The third-order valence-electron chi connectivity index (χ3n) is 4.67. The molecule has 0 aromatic heterocycles. The normalized spacial score (nSPS) is 13.7. The van der Waals surface area contributed by atoms with E-state index in [0.29, 0.717) is 34.2 Å². The van der Waals surface area contributed by atoms with Crippen molar-refractivity contribution < 1.29 is 14.3 Å². The average molecular weight is 419 g/mol. The van der Waals surface area contributed by atoms with Gasteiger partial charge < -0.3 is 10.1 Å². The van der Waals surface area contributed by atoms with Crippen molar-refractivity contribution in [3.63, 3.8) is 0 Å². The summed E-state index contributed by atoms with van der Waals surface area (Å²) in [6.07, 6.45) is 0. The summed E-state index contributed by atoms with van der Waals surface area (Å²) in [6, 6.07) is 23.0. The van der Waals surface area contributed by atoms with E-state index in [1.54, 1.807) is 48.5 Å². The quantitative estimate of drug-likeness (QED) is 0.563. The van der Waals surface area contributed by atoms with Crippen molar-refractivity contribution in [2.45, 2.75) is 6.92 Å². The number of benzene rings is 3. The molecule has 1 aliphatic rings. The Morgan fingerprint density at radius 2 is 1.53 bits per heavy atom. The first-order chi connectivity index (χ1) is 14.6. The molecular formula is C24H19ClN2O3. The van der Waals surface area contributed by atoms with E-state index in [0.717, 1.165) is 10.6 Å². The highest BCUT2D eigenvalue weighted by Gasteiger charge is 2.40. The Kier molecular flexibility index (Phi) is 5.55. The second-order valence-electron chi connectivity index (χ2n) is 6.62. The molecule has 1 aliphatic heterocycles. The van der Waals surface area contributed by atoms with Crippen LogP contribution in [0.2, 0.25) is 5.02 Å². The minimum atomic E-state index is -0.421. The number of anilines is 2. The molecule has 0 aliphatic carbocycles. The molecule has 150 valence electrons. The summed E-state index contributed by atoms with van der Waals surface area (Å²) in [7, 11) is 0. The van der Waals surface area contributed by atoms with Gasteiger partial charge in [0.15, 0.2) is 0 Å². The Balaban J connectivity index is 1.78. The Bertz CT molecular complexity index is 1110. The molecule has 0 radical (unpaired) electrons. The molecule has 0 bridgehead atoms. The van der Waals surface area contributed by atoms with Gasteiger partial charge >= 0.3 is 0 Å². The molecule has 0 saturated carbocycles. The van der Waals surface area contributed by atoms with Crippen LogP contribution in [0.4, 0.5) is 11.4 Å². The Hall–Kier alpha value is -3.57. The maximum atomic E-state index is 13.4. The zero-order chi connectivity index (χ0) is 21.1. The van der Waals surface area contributed by atoms with Gasteiger partial charge in [-0.3, -0.25) is 9.59 Å². The highest BCUT2D eigenvalue weighted by atomic mass is 35.5. The van der Waals surface area contributed by atoms with E-state index < -0.39 is 11.8 Å². The summed E-state index contributed by atoms with van der Waals surface area (Å²) in [5, 5.41) is 3.66. The fraction of sp³-hybridized carbons (Fsp3) is 0.0833. The molecule has 4 rings (SSSR count). The zero-order valence-corrected chi connectivity index (χ0v) is 17.0. The van der Waals surface area contributed by atoms with E-state index in [9.17, 15) is 9.59 Å². The van der Waals surface area contributed by atoms with Gasteiger partial charge in [0.2, 0.25) is 0 Å². The summed E-state index contributed by atoms with van der Waals surface area (Å²) in [5.41, 5.74) is 2.34. The highest BCUT2D eigenvalue weighted by molar-refractivity contribution is 6.46. The lowest BCUT2D eigenvalue weighted by Gasteiger charge is -2.15. The molecule has 2 amide bonds. The largest absolute Gasteiger partial charge is 0.494 e.